The summed E-state index contributed by atoms with van der Waals surface area (Å²) in [5, 5.41) is 3.28. The van der Waals surface area contributed by atoms with Crippen molar-refractivity contribution >= 4 is 36.3 Å². The molecule has 52 valence electrons. The fourth-order valence-corrected chi connectivity index (χ4v) is 0.802. The minimum Gasteiger partial charge on any atom is -0.317 e. The molecule has 0 spiro atoms. The number of piperidine rings is 1. The van der Waals surface area contributed by atoms with Gasteiger partial charge in [0.2, 0.25) is 0 Å². The van der Waals surface area contributed by atoms with E-state index in [9.17, 15) is 0 Å². The highest BCUT2D eigenvalue weighted by Gasteiger charge is 1.93. The van der Waals surface area contributed by atoms with Crippen molar-refractivity contribution in [2.24, 2.45) is 0 Å². The van der Waals surface area contributed by atoms with E-state index in [1.54, 1.807) is 0 Å². The third-order valence-electron chi connectivity index (χ3n) is 1.21. The summed E-state index contributed by atoms with van der Waals surface area (Å²) in [6.45, 7) is 2.50. The Morgan fingerprint density at radius 1 is 1.00 bits per heavy atom. The summed E-state index contributed by atoms with van der Waals surface area (Å²) in [4.78, 5) is 0. The Balaban J connectivity index is 0.000000187. The molecule has 0 radical (unpaired) electrons. The Bertz CT molecular complexity index is 38.7. The maximum Gasteiger partial charge on any atom is 0.618 e. The number of hydrogen-bond donors (Lipinski definition) is 1. The monoisotopic (exact) mass is 179 g/mol. The average Bonchev–Trinajstić information content (AvgIpc) is 1.93. The number of nitrogens with one attached hydrogen (secondary N) is 1. The Labute approximate surface area is 73.8 Å². The topological polar surface area (TPSA) is 12.0 Å². The Morgan fingerprint density at radius 2 is 1.44 bits per heavy atom. The predicted octanol–water partition coefficient (Wildman–Crippen LogP) is 1.76. The predicted molar refractivity (Wildman–Crippen MR) is 44.2 cm³/mol. The van der Waals surface area contributed by atoms with E-state index in [1.807, 2.05) is 0 Å². The molecule has 0 saturated carbocycles. The summed E-state index contributed by atoms with van der Waals surface area (Å²) in [7, 11) is 9.81. The molecular formula is C5H11Cl2MgN. The van der Waals surface area contributed by atoms with Crippen molar-refractivity contribution < 1.29 is 0 Å². The maximum absolute atomic E-state index is 4.90. The van der Waals surface area contributed by atoms with E-state index in [4.69, 9.17) is 18.1 Å². The molecule has 0 aromatic carbocycles. The van der Waals surface area contributed by atoms with Gasteiger partial charge in [-0.15, -0.1) is 0 Å². The van der Waals surface area contributed by atoms with Gasteiger partial charge in [-0.3, -0.25) is 0 Å². The molecule has 0 aromatic rings. The van der Waals surface area contributed by atoms with Crippen LogP contribution in [0.3, 0.4) is 0 Å². The zero-order chi connectivity index (χ0) is 6.95. The maximum atomic E-state index is 4.90. The van der Waals surface area contributed by atoms with Gasteiger partial charge in [-0.1, -0.05) is 6.42 Å². The minimum atomic E-state index is -0.639. The lowest BCUT2D eigenvalue weighted by Crippen LogP contribution is -2.21. The van der Waals surface area contributed by atoms with Crippen LogP contribution in [0.1, 0.15) is 19.3 Å². The highest BCUT2D eigenvalue weighted by atomic mass is 35.6. The van der Waals surface area contributed by atoms with E-state index in [0.717, 1.165) is 0 Å². The van der Waals surface area contributed by atoms with Gasteiger partial charge in [0, 0.05) is 0 Å². The van der Waals surface area contributed by atoms with Crippen LogP contribution >= 0.6 is 18.1 Å². The first-order chi connectivity index (χ1) is 4.41. The van der Waals surface area contributed by atoms with E-state index < -0.39 is 18.2 Å². The molecule has 1 heterocycles. The van der Waals surface area contributed by atoms with E-state index in [1.165, 1.54) is 32.4 Å². The van der Waals surface area contributed by atoms with Crippen molar-refractivity contribution in [1.29, 1.82) is 0 Å². The smallest absolute Gasteiger partial charge is 0.317 e. The van der Waals surface area contributed by atoms with Gasteiger partial charge in [-0.05, 0) is 25.9 Å². The first kappa shape index (κ1) is 10.3. The first-order valence-corrected chi connectivity index (χ1v) is 7.52. The summed E-state index contributed by atoms with van der Waals surface area (Å²) >= 11 is -0.639. The molecule has 1 aliphatic rings. The van der Waals surface area contributed by atoms with E-state index in [0.29, 0.717) is 0 Å². The van der Waals surface area contributed by atoms with Crippen molar-refractivity contribution in [2.75, 3.05) is 13.1 Å². The van der Waals surface area contributed by atoms with Crippen LogP contribution in [0, 0.1) is 0 Å². The zero-order valence-corrected chi connectivity index (χ0v) is 8.42. The second-order valence-electron chi connectivity index (χ2n) is 1.91. The summed E-state index contributed by atoms with van der Waals surface area (Å²) in [6.07, 6.45) is 4.22. The van der Waals surface area contributed by atoms with Crippen molar-refractivity contribution in [3.8, 4) is 0 Å². The quantitative estimate of drug-likeness (QED) is 0.560. The van der Waals surface area contributed by atoms with Crippen LogP contribution in [0.25, 0.3) is 0 Å². The lowest BCUT2D eigenvalue weighted by molar-refractivity contribution is 0.520. The fourth-order valence-electron chi connectivity index (χ4n) is 0.802. The normalized spacial score (nSPS) is 17.1. The average molecular weight is 180 g/mol. The summed E-state index contributed by atoms with van der Waals surface area (Å²) in [5.74, 6) is 0. The molecule has 9 heavy (non-hydrogen) atoms. The standard InChI is InChI=1S/C5H11N.2ClH.Mg/c1-2-4-6-5-3-1;;;/h6H,1-5H2;2*1H;/q;;;+2/p-2. The lowest BCUT2D eigenvalue weighted by atomic mass is 10.2. The van der Waals surface area contributed by atoms with Crippen LogP contribution in [0.4, 0.5) is 0 Å². The second kappa shape index (κ2) is 9.31. The van der Waals surface area contributed by atoms with Gasteiger partial charge in [0.15, 0.2) is 0 Å². The minimum absolute atomic E-state index is 0.639. The molecule has 0 aliphatic carbocycles. The molecule has 1 N–H and O–H groups in total. The first-order valence-electron chi connectivity index (χ1n) is 3.24. The van der Waals surface area contributed by atoms with Crippen molar-refractivity contribution in [1.82, 2.24) is 5.32 Å². The molecule has 4 heteroatoms. The second-order valence-corrected chi connectivity index (χ2v) is 4.54. The van der Waals surface area contributed by atoms with Gasteiger partial charge < -0.3 is 23.5 Å². The largest absolute Gasteiger partial charge is 0.618 e. The van der Waals surface area contributed by atoms with Crippen molar-refractivity contribution in [2.45, 2.75) is 19.3 Å². The number of hydrogen-bond acceptors (Lipinski definition) is 1. The van der Waals surface area contributed by atoms with Crippen LogP contribution in [-0.2, 0) is 0 Å². The van der Waals surface area contributed by atoms with E-state index in [-0.39, 0.29) is 0 Å². The van der Waals surface area contributed by atoms with Crippen molar-refractivity contribution in [3.63, 3.8) is 0 Å². The molecule has 1 aliphatic heterocycles. The van der Waals surface area contributed by atoms with Gasteiger partial charge in [-0.2, -0.15) is 0 Å². The zero-order valence-electron chi connectivity index (χ0n) is 5.50. The summed E-state index contributed by atoms with van der Waals surface area (Å²) in [5.41, 5.74) is 0. The van der Waals surface area contributed by atoms with Gasteiger partial charge in [0.25, 0.3) is 0 Å². The lowest BCUT2D eigenvalue weighted by Gasteiger charge is -2.08. The van der Waals surface area contributed by atoms with Crippen LogP contribution in [-0.4, -0.2) is 31.3 Å². The third kappa shape index (κ3) is 9.31. The number of rotatable bonds is 0. The molecular weight excluding hydrogens is 169 g/mol. The Hall–Kier alpha value is 1.31. The van der Waals surface area contributed by atoms with Crippen molar-refractivity contribution in [3.05, 3.63) is 0 Å². The molecule has 1 nitrogen and oxygen atoms in total. The molecule has 0 atom stereocenters. The number of halogens is 2. The Kier molecular flexibility index (Phi) is 10.7. The van der Waals surface area contributed by atoms with E-state index >= 15 is 0 Å². The van der Waals surface area contributed by atoms with Gasteiger partial charge in [-0.25, -0.2) is 0 Å². The van der Waals surface area contributed by atoms with Crippen LogP contribution in [0.15, 0.2) is 0 Å². The Morgan fingerprint density at radius 3 is 1.56 bits per heavy atom. The molecule has 1 rings (SSSR count). The molecule has 0 aromatic heterocycles. The van der Waals surface area contributed by atoms with Gasteiger partial charge >= 0.3 is 18.2 Å². The third-order valence-corrected chi connectivity index (χ3v) is 1.21. The SMILES string of the molecule is C1CCNCC1.[Cl][Mg][Cl]. The van der Waals surface area contributed by atoms with Crippen LogP contribution in [0.2, 0.25) is 0 Å². The fraction of sp³-hybridized carbons (Fsp3) is 1.00. The molecule has 0 bridgehead atoms. The summed E-state index contributed by atoms with van der Waals surface area (Å²) < 4.78 is 0. The molecule has 1 saturated heterocycles. The highest BCUT2D eigenvalue weighted by molar-refractivity contribution is 7.22. The van der Waals surface area contributed by atoms with Crippen LogP contribution in [0.5, 0.6) is 0 Å². The van der Waals surface area contributed by atoms with Gasteiger partial charge in [0.05, 0.1) is 0 Å². The molecule has 1 fully saturated rings. The van der Waals surface area contributed by atoms with Crippen LogP contribution < -0.4 is 5.32 Å². The van der Waals surface area contributed by atoms with E-state index in [2.05, 4.69) is 5.32 Å². The van der Waals surface area contributed by atoms with Gasteiger partial charge in [0.1, 0.15) is 0 Å². The summed E-state index contributed by atoms with van der Waals surface area (Å²) in [6, 6.07) is 0. The molecule has 0 amide bonds. The molecule has 0 unspecified atom stereocenters. The highest BCUT2D eigenvalue weighted by Crippen LogP contribution is 1.96.